The number of rotatable bonds is 8. The van der Waals surface area contributed by atoms with Gasteiger partial charge in [0.2, 0.25) is 0 Å². The maximum atomic E-state index is 5.77. The SMILES string of the molecule is CCCCCCCCCC1OC1(C)N. The Hall–Kier alpha value is -0.0800. The largest absolute Gasteiger partial charge is 0.351 e. The second kappa shape index (κ2) is 5.72. The van der Waals surface area contributed by atoms with Crippen LogP contribution in [-0.4, -0.2) is 11.8 Å². The van der Waals surface area contributed by atoms with Crippen LogP contribution in [-0.2, 0) is 4.74 Å². The van der Waals surface area contributed by atoms with Gasteiger partial charge in [-0.05, 0) is 13.3 Å². The molecule has 0 aromatic rings. The monoisotopic (exact) mass is 199 g/mol. The molecule has 0 bridgehead atoms. The maximum absolute atomic E-state index is 5.77. The van der Waals surface area contributed by atoms with Gasteiger partial charge in [-0.15, -0.1) is 0 Å². The number of ether oxygens (including phenoxy) is 1. The van der Waals surface area contributed by atoms with E-state index in [2.05, 4.69) is 6.92 Å². The highest BCUT2D eigenvalue weighted by Crippen LogP contribution is 2.34. The standard InChI is InChI=1S/C12H25NO/c1-3-4-5-6-7-8-9-10-11-12(2,13)14-11/h11H,3-10,13H2,1-2H3. The van der Waals surface area contributed by atoms with Crippen molar-refractivity contribution in [3.8, 4) is 0 Å². The van der Waals surface area contributed by atoms with Gasteiger partial charge in [-0.25, -0.2) is 0 Å². The second-order valence-electron chi connectivity index (χ2n) is 4.70. The van der Waals surface area contributed by atoms with Gasteiger partial charge in [0.05, 0.1) is 0 Å². The molecule has 2 atom stereocenters. The van der Waals surface area contributed by atoms with Crippen LogP contribution in [0.25, 0.3) is 0 Å². The first-order valence-corrected chi connectivity index (χ1v) is 6.13. The summed E-state index contributed by atoms with van der Waals surface area (Å²) in [6.45, 7) is 4.23. The summed E-state index contributed by atoms with van der Waals surface area (Å²) in [6.07, 6.45) is 11.1. The molecule has 1 aliphatic heterocycles. The third-order valence-electron chi connectivity index (χ3n) is 3.05. The van der Waals surface area contributed by atoms with E-state index in [-0.39, 0.29) is 5.72 Å². The molecule has 0 saturated carbocycles. The highest BCUT2D eigenvalue weighted by atomic mass is 16.6. The average molecular weight is 199 g/mol. The van der Waals surface area contributed by atoms with Crippen LogP contribution in [0.15, 0.2) is 0 Å². The summed E-state index contributed by atoms with van der Waals surface area (Å²) < 4.78 is 5.33. The smallest absolute Gasteiger partial charge is 0.140 e. The maximum Gasteiger partial charge on any atom is 0.140 e. The Kier molecular flexibility index (Phi) is 4.90. The van der Waals surface area contributed by atoms with E-state index in [0.29, 0.717) is 6.10 Å². The molecular weight excluding hydrogens is 174 g/mol. The molecule has 1 aliphatic rings. The summed E-state index contributed by atoms with van der Waals surface area (Å²) in [4.78, 5) is 0. The van der Waals surface area contributed by atoms with Crippen molar-refractivity contribution < 1.29 is 4.74 Å². The predicted molar refractivity (Wildman–Crippen MR) is 60.1 cm³/mol. The Balaban J connectivity index is 1.77. The Morgan fingerprint density at radius 1 is 1.07 bits per heavy atom. The van der Waals surface area contributed by atoms with Crippen LogP contribution < -0.4 is 5.73 Å². The fraction of sp³-hybridized carbons (Fsp3) is 1.00. The van der Waals surface area contributed by atoms with Crippen molar-refractivity contribution in [3.63, 3.8) is 0 Å². The van der Waals surface area contributed by atoms with E-state index in [0.717, 1.165) is 6.42 Å². The van der Waals surface area contributed by atoms with E-state index < -0.39 is 0 Å². The first-order chi connectivity index (χ1) is 6.67. The summed E-state index contributed by atoms with van der Waals surface area (Å²) >= 11 is 0. The fourth-order valence-corrected chi connectivity index (χ4v) is 1.90. The first kappa shape index (κ1) is 12.0. The molecule has 2 heteroatoms. The van der Waals surface area contributed by atoms with E-state index in [1.54, 1.807) is 0 Å². The topological polar surface area (TPSA) is 38.5 Å². The zero-order valence-electron chi connectivity index (χ0n) is 9.72. The molecule has 0 aromatic carbocycles. The minimum atomic E-state index is -0.289. The molecule has 0 spiro atoms. The molecule has 1 saturated heterocycles. The molecule has 14 heavy (non-hydrogen) atoms. The summed E-state index contributed by atoms with van der Waals surface area (Å²) in [7, 11) is 0. The van der Waals surface area contributed by atoms with Crippen LogP contribution in [0, 0.1) is 0 Å². The third-order valence-corrected chi connectivity index (χ3v) is 3.05. The van der Waals surface area contributed by atoms with Crippen molar-refractivity contribution in [3.05, 3.63) is 0 Å². The second-order valence-corrected chi connectivity index (χ2v) is 4.70. The lowest BCUT2D eigenvalue weighted by Gasteiger charge is -2.00. The van der Waals surface area contributed by atoms with Gasteiger partial charge in [0.1, 0.15) is 11.8 Å². The Labute approximate surface area is 88.2 Å². The lowest BCUT2D eigenvalue weighted by Crippen LogP contribution is -2.22. The van der Waals surface area contributed by atoms with Gasteiger partial charge in [-0.3, -0.25) is 0 Å². The highest BCUT2D eigenvalue weighted by Gasteiger charge is 2.47. The molecule has 0 radical (unpaired) electrons. The zero-order valence-corrected chi connectivity index (χ0v) is 9.72. The molecule has 0 aliphatic carbocycles. The Morgan fingerprint density at radius 3 is 2.07 bits per heavy atom. The summed E-state index contributed by atoms with van der Waals surface area (Å²) in [5.41, 5.74) is 5.48. The van der Waals surface area contributed by atoms with Gasteiger partial charge >= 0.3 is 0 Å². The van der Waals surface area contributed by atoms with E-state index in [1.807, 2.05) is 6.92 Å². The minimum Gasteiger partial charge on any atom is -0.351 e. The summed E-state index contributed by atoms with van der Waals surface area (Å²) in [6, 6.07) is 0. The Morgan fingerprint density at radius 2 is 1.57 bits per heavy atom. The number of nitrogens with two attached hydrogens (primary N) is 1. The van der Waals surface area contributed by atoms with Crippen molar-refractivity contribution >= 4 is 0 Å². The lowest BCUT2D eigenvalue weighted by atomic mass is 10.1. The van der Waals surface area contributed by atoms with E-state index in [1.165, 1.54) is 44.9 Å². The molecular formula is C12H25NO. The van der Waals surface area contributed by atoms with Crippen molar-refractivity contribution in [2.45, 2.75) is 77.0 Å². The number of epoxide rings is 1. The van der Waals surface area contributed by atoms with Gasteiger partial charge in [-0.1, -0.05) is 51.9 Å². The minimum absolute atomic E-state index is 0.289. The Bertz CT molecular complexity index is 156. The third kappa shape index (κ3) is 4.43. The molecule has 0 aromatic heterocycles. The molecule has 1 rings (SSSR count). The van der Waals surface area contributed by atoms with Crippen molar-refractivity contribution in [2.75, 3.05) is 0 Å². The van der Waals surface area contributed by atoms with E-state index in [9.17, 15) is 0 Å². The predicted octanol–water partition coefficient (Wildman–Crippen LogP) is 3.20. The molecule has 2 N–H and O–H groups in total. The van der Waals surface area contributed by atoms with Crippen LogP contribution in [0.4, 0.5) is 0 Å². The van der Waals surface area contributed by atoms with Crippen molar-refractivity contribution in [1.29, 1.82) is 0 Å². The van der Waals surface area contributed by atoms with E-state index in [4.69, 9.17) is 10.5 Å². The van der Waals surface area contributed by atoms with Crippen molar-refractivity contribution in [2.24, 2.45) is 5.73 Å². The number of unbranched alkanes of at least 4 members (excludes halogenated alkanes) is 6. The van der Waals surface area contributed by atoms with Gasteiger partial charge in [0, 0.05) is 0 Å². The zero-order chi connectivity index (χ0) is 10.4. The first-order valence-electron chi connectivity index (χ1n) is 6.13. The van der Waals surface area contributed by atoms with Crippen LogP contribution in [0.5, 0.6) is 0 Å². The normalized spacial score (nSPS) is 30.6. The molecule has 1 heterocycles. The van der Waals surface area contributed by atoms with Crippen LogP contribution in [0.3, 0.4) is 0 Å². The van der Waals surface area contributed by atoms with Crippen molar-refractivity contribution in [1.82, 2.24) is 0 Å². The van der Waals surface area contributed by atoms with Gasteiger partial charge in [0.15, 0.2) is 0 Å². The molecule has 1 fully saturated rings. The van der Waals surface area contributed by atoms with Gasteiger partial charge in [0.25, 0.3) is 0 Å². The van der Waals surface area contributed by atoms with Crippen LogP contribution in [0.1, 0.15) is 65.2 Å². The molecule has 2 nitrogen and oxygen atoms in total. The van der Waals surface area contributed by atoms with Crippen LogP contribution in [0.2, 0.25) is 0 Å². The molecule has 0 amide bonds. The number of hydrogen-bond donors (Lipinski definition) is 1. The quantitative estimate of drug-likeness (QED) is 0.481. The fourth-order valence-electron chi connectivity index (χ4n) is 1.90. The van der Waals surface area contributed by atoms with E-state index >= 15 is 0 Å². The summed E-state index contributed by atoms with van der Waals surface area (Å²) in [5, 5.41) is 0. The number of hydrogen-bond acceptors (Lipinski definition) is 2. The average Bonchev–Trinajstić information content (AvgIpc) is 2.73. The van der Waals surface area contributed by atoms with Gasteiger partial charge in [-0.2, -0.15) is 0 Å². The van der Waals surface area contributed by atoms with Crippen LogP contribution >= 0.6 is 0 Å². The highest BCUT2D eigenvalue weighted by molar-refractivity contribution is 4.92. The lowest BCUT2D eigenvalue weighted by molar-refractivity contribution is 0.309. The van der Waals surface area contributed by atoms with Gasteiger partial charge < -0.3 is 10.5 Å². The molecule has 2 unspecified atom stereocenters. The molecule has 84 valence electrons. The summed E-state index contributed by atoms with van der Waals surface area (Å²) in [5.74, 6) is 0.